The number of aryl methyl sites for hydroxylation is 2. The molecule has 3 heterocycles. The number of fused-ring (bicyclic) bond motifs is 1. The van der Waals surface area contributed by atoms with Crippen molar-refractivity contribution >= 4 is 33.1 Å². The first-order valence-corrected chi connectivity index (χ1v) is 10.5. The van der Waals surface area contributed by atoms with E-state index in [4.69, 9.17) is 19.4 Å². The Hall–Kier alpha value is -2.55. The molecule has 1 saturated heterocycles. The number of morpholine rings is 1. The largest absolute Gasteiger partial charge is 0.438 e. The van der Waals surface area contributed by atoms with E-state index in [0.717, 1.165) is 54.5 Å². The van der Waals surface area contributed by atoms with Crippen molar-refractivity contribution in [3.8, 4) is 11.6 Å². The molecule has 0 aliphatic carbocycles. The van der Waals surface area contributed by atoms with Crippen molar-refractivity contribution in [3.63, 3.8) is 0 Å². The number of hydrogen-bond donors (Lipinski definition) is 2. The van der Waals surface area contributed by atoms with Crippen molar-refractivity contribution in [1.29, 1.82) is 0 Å². The van der Waals surface area contributed by atoms with Crippen molar-refractivity contribution in [3.05, 3.63) is 40.5 Å². The molecule has 29 heavy (non-hydrogen) atoms. The second-order valence-corrected chi connectivity index (χ2v) is 8.46. The minimum absolute atomic E-state index is 0.119. The van der Waals surface area contributed by atoms with Crippen LogP contribution in [0, 0.1) is 13.8 Å². The fourth-order valence-electron chi connectivity index (χ4n) is 3.42. The fraction of sp³-hybridized carbons (Fsp3) is 0.381. The topological polar surface area (TPSA) is 77.8 Å². The number of nitrogens with zero attached hydrogens (tertiary/aromatic N) is 2. The van der Waals surface area contributed by atoms with Crippen molar-refractivity contribution in [2.45, 2.75) is 27.3 Å². The minimum atomic E-state index is -0.119. The highest BCUT2D eigenvalue weighted by Gasteiger charge is 2.20. The number of nitrogens with one attached hydrogen (secondary N) is 2. The van der Waals surface area contributed by atoms with E-state index >= 15 is 0 Å². The smallest absolute Gasteiger partial charge is 0.231 e. The van der Waals surface area contributed by atoms with Gasteiger partial charge in [0.05, 0.1) is 18.6 Å². The number of aromatic nitrogens is 2. The molecule has 2 aromatic heterocycles. The Kier molecular flexibility index (Phi) is 5.75. The van der Waals surface area contributed by atoms with E-state index < -0.39 is 0 Å². The lowest BCUT2D eigenvalue weighted by Crippen LogP contribution is -3.12. The molecule has 4 rings (SSSR count). The van der Waals surface area contributed by atoms with E-state index in [1.165, 1.54) is 16.7 Å². The molecule has 0 radical (unpaired) electrons. The standard InChI is InChI=1S/C21H24N4O3S/c1-13-14(2)29-21-19(13)20(23-18(24-21)12-25-7-9-27-10-8-25)28-17-6-4-5-16(11-17)22-15(3)26/h4-6,11H,7-10,12H2,1-3H3,(H,22,26)/p+1. The summed E-state index contributed by atoms with van der Waals surface area (Å²) in [6.07, 6.45) is 0. The first-order chi connectivity index (χ1) is 14.0. The summed E-state index contributed by atoms with van der Waals surface area (Å²) in [5, 5.41) is 3.74. The number of rotatable bonds is 5. The highest BCUT2D eigenvalue weighted by molar-refractivity contribution is 7.18. The summed E-state index contributed by atoms with van der Waals surface area (Å²) >= 11 is 1.67. The minimum Gasteiger partial charge on any atom is -0.438 e. The van der Waals surface area contributed by atoms with Crippen LogP contribution in [0.4, 0.5) is 5.69 Å². The molecule has 1 aromatic carbocycles. The number of carbonyl (C=O) groups is 1. The predicted molar refractivity (Wildman–Crippen MR) is 113 cm³/mol. The van der Waals surface area contributed by atoms with Gasteiger partial charge in [-0.15, -0.1) is 11.3 Å². The molecule has 1 fully saturated rings. The van der Waals surface area contributed by atoms with Crippen LogP contribution in [-0.2, 0) is 16.1 Å². The molecule has 1 amide bonds. The monoisotopic (exact) mass is 413 g/mol. The molecule has 8 heteroatoms. The third kappa shape index (κ3) is 4.55. The zero-order chi connectivity index (χ0) is 20.4. The van der Waals surface area contributed by atoms with Gasteiger partial charge in [-0.3, -0.25) is 4.79 Å². The average Bonchev–Trinajstić information content (AvgIpc) is 2.96. The van der Waals surface area contributed by atoms with Crippen molar-refractivity contribution in [2.75, 3.05) is 31.6 Å². The quantitative estimate of drug-likeness (QED) is 0.672. The molecule has 0 unspecified atom stereocenters. The lowest BCUT2D eigenvalue weighted by Gasteiger charge is -2.23. The molecular weight excluding hydrogens is 388 g/mol. The van der Waals surface area contributed by atoms with Crippen LogP contribution in [0.2, 0.25) is 0 Å². The SMILES string of the molecule is CC(=O)Nc1cccc(Oc2nc(C[NH+]3CCOCC3)nc3sc(C)c(C)c23)c1. The molecule has 7 nitrogen and oxygen atoms in total. The normalized spacial score (nSPS) is 14.9. The number of amides is 1. The maximum Gasteiger partial charge on any atom is 0.231 e. The van der Waals surface area contributed by atoms with Gasteiger partial charge >= 0.3 is 0 Å². The molecule has 1 aliphatic heterocycles. The van der Waals surface area contributed by atoms with Gasteiger partial charge in [-0.2, -0.15) is 4.98 Å². The van der Waals surface area contributed by atoms with E-state index in [2.05, 4.69) is 19.2 Å². The third-order valence-corrected chi connectivity index (χ3v) is 6.12. The van der Waals surface area contributed by atoms with Crippen LogP contribution >= 0.6 is 11.3 Å². The van der Waals surface area contributed by atoms with Crippen LogP contribution < -0.4 is 15.0 Å². The molecule has 0 saturated carbocycles. The van der Waals surface area contributed by atoms with Gasteiger partial charge in [0.15, 0.2) is 5.82 Å². The summed E-state index contributed by atoms with van der Waals surface area (Å²) in [4.78, 5) is 24.5. The maximum atomic E-state index is 11.4. The van der Waals surface area contributed by atoms with Crippen LogP contribution in [0.25, 0.3) is 10.2 Å². The first kappa shape index (κ1) is 19.8. The van der Waals surface area contributed by atoms with Gasteiger partial charge in [-0.25, -0.2) is 4.98 Å². The molecule has 2 N–H and O–H groups in total. The Morgan fingerprint density at radius 2 is 2.07 bits per heavy atom. The maximum absolute atomic E-state index is 11.4. The number of ether oxygens (including phenoxy) is 2. The number of anilines is 1. The average molecular weight is 414 g/mol. The van der Waals surface area contributed by atoms with Crippen LogP contribution in [0.15, 0.2) is 24.3 Å². The number of thiophene rings is 1. The first-order valence-electron chi connectivity index (χ1n) is 9.73. The summed E-state index contributed by atoms with van der Waals surface area (Å²) in [7, 11) is 0. The van der Waals surface area contributed by atoms with Crippen LogP contribution in [0.5, 0.6) is 11.6 Å². The summed E-state index contributed by atoms with van der Waals surface area (Å²) in [6.45, 7) is 9.86. The Balaban J connectivity index is 1.68. The summed E-state index contributed by atoms with van der Waals surface area (Å²) in [5.74, 6) is 1.86. The van der Waals surface area contributed by atoms with E-state index in [0.29, 0.717) is 17.3 Å². The fourth-order valence-corrected chi connectivity index (χ4v) is 4.46. The van der Waals surface area contributed by atoms with Gasteiger partial charge in [-0.05, 0) is 31.5 Å². The summed E-state index contributed by atoms with van der Waals surface area (Å²) in [6, 6.07) is 7.35. The van der Waals surface area contributed by atoms with E-state index in [1.807, 2.05) is 18.2 Å². The second-order valence-electron chi connectivity index (χ2n) is 7.26. The predicted octanol–water partition coefficient (Wildman–Crippen LogP) is 2.47. The van der Waals surface area contributed by atoms with Crippen LogP contribution in [0.3, 0.4) is 0 Å². The van der Waals surface area contributed by atoms with Crippen molar-refractivity contribution in [2.24, 2.45) is 0 Å². The Labute approximate surface area is 173 Å². The molecule has 3 aromatic rings. The molecule has 1 aliphatic rings. The van der Waals surface area contributed by atoms with Gasteiger partial charge in [0.2, 0.25) is 11.8 Å². The van der Waals surface area contributed by atoms with Gasteiger partial charge in [0.1, 0.15) is 30.2 Å². The van der Waals surface area contributed by atoms with Gasteiger partial charge < -0.3 is 19.7 Å². The number of carbonyl (C=O) groups excluding carboxylic acids is 1. The molecule has 0 atom stereocenters. The van der Waals surface area contributed by atoms with Gasteiger partial charge in [0, 0.05) is 23.6 Å². The van der Waals surface area contributed by atoms with Gasteiger partial charge in [0.25, 0.3) is 0 Å². The van der Waals surface area contributed by atoms with Crippen molar-refractivity contribution in [1.82, 2.24) is 9.97 Å². The Morgan fingerprint density at radius 3 is 2.83 bits per heavy atom. The zero-order valence-corrected chi connectivity index (χ0v) is 17.7. The lowest BCUT2D eigenvalue weighted by molar-refractivity contribution is -0.922. The summed E-state index contributed by atoms with van der Waals surface area (Å²) in [5.41, 5.74) is 1.83. The van der Waals surface area contributed by atoms with Crippen LogP contribution in [0.1, 0.15) is 23.2 Å². The van der Waals surface area contributed by atoms with Gasteiger partial charge in [-0.1, -0.05) is 6.07 Å². The zero-order valence-electron chi connectivity index (χ0n) is 16.9. The molecule has 0 spiro atoms. The highest BCUT2D eigenvalue weighted by Crippen LogP contribution is 2.36. The van der Waals surface area contributed by atoms with E-state index in [1.54, 1.807) is 17.4 Å². The van der Waals surface area contributed by atoms with E-state index in [9.17, 15) is 4.79 Å². The van der Waals surface area contributed by atoms with E-state index in [-0.39, 0.29) is 5.91 Å². The third-order valence-electron chi connectivity index (χ3n) is 5.02. The molecule has 0 bridgehead atoms. The molecular formula is C21H25N4O3S+. The van der Waals surface area contributed by atoms with Crippen LogP contribution in [-0.4, -0.2) is 42.2 Å². The Morgan fingerprint density at radius 1 is 1.28 bits per heavy atom. The number of hydrogen-bond acceptors (Lipinski definition) is 6. The Bertz CT molecular complexity index is 1040. The van der Waals surface area contributed by atoms with Crippen molar-refractivity contribution < 1.29 is 19.2 Å². The number of benzene rings is 1. The number of quaternary nitrogens is 1. The second kappa shape index (κ2) is 8.44. The summed E-state index contributed by atoms with van der Waals surface area (Å²) < 4.78 is 11.7. The highest BCUT2D eigenvalue weighted by atomic mass is 32.1. The lowest BCUT2D eigenvalue weighted by atomic mass is 10.2. The molecule has 152 valence electrons.